The van der Waals surface area contributed by atoms with E-state index in [2.05, 4.69) is 6.92 Å². The third-order valence-electron chi connectivity index (χ3n) is 5.63. The summed E-state index contributed by atoms with van der Waals surface area (Å²) >= 11 is 0. The molecular weight excluding hydrogens is 372 g/mol. The summed E-state index contributed by atoms with van der Waals surface area (Å²) in [6.07, 6.45) is 0.352. The van der Waals surface area contributed by atoms with Crippen molar-refractivity contribution in [1.82, 2.24) is 9.21 Å². The number of sulfonamides is 1. The molecule has 0 bridgehead atoms. The van der Waals surface area contributed by atoms with Crippen LogP contribution in [0.2, 0.25) is 0 Å². The quantitative estimate of drug-likeness (QED) is 0.793. The molecule has 2 aromatic carbocycles. The molecule has 1 saturated heterocycles. The summed E-state index contributed by atoms with van der Waals surface area (Å²) in [6.45, 7) is 9.47. The summed E-state index contributed by atoms with van der Waals surface area (Å²) in [5.41, 5.74) is 5.42. The number of rotatable bonds is 4. The number of benzene rings is 2. The summed E-state index contributed by atoms with van der Waals surface area (Å²) < 4.78 is 27.3. The summed E-state index contributed by atoms with van der Waals surface area (Å²) in [5, 5.41) is 0. The molecule has 0 aromatic heterocycles. The Bertz CT molecular complexity index is 991. The third kappa shape index (κ3) is 4.28. The minimum absolute atomic E-state index is 0.0477. The number of hydrogen-bond acceptors (Lipinski definition) is 3. The van der Waals surface area contributed by atoms with E-state index in [9.17, 15) is 13.2 Å². The van der Waals surface area contributed by atoms with E-state index in [0.717, 1.165) is 16.7 Å². The van der Waals surface area contributed by atoms with Crippen molar-refractivity contribution in [3.63, 3.8) is 0 Å². The number of aryl methyl sites for hydroxylation is 4. The second kappa shape index (κ2) is 8.05. The largest absolute Gasteiger partial charge is 0.340 e. The minimum Gasteiger partial charge on any atom is -0.340 e. The average Bonchev–Trinajstić information content (AvgIpc) is 2.67. The molecule has 1 fully saturated rings. The lowest BCUT2D eigenvalue weighted by molar-refractivity contribution is -0.131. The zero-order valence-corrected chi connectivity index (χ0v) is 17.8. The maximum atomic E-state index is 12.9. The third-order valence-corrected chi connectivity index (χ3v) is 7.53. The predicted molar refractivity (Wildman–Crippen MR) is 111 cm³/mol. The van der Waals surface area contributed by atoms with Crippen LogP contribution in [0.5, 0.6) is 0 Å². The highest BCUT2D eigenvalue weighted by Gasteiger charge is 2.30. The second-order valence-corrected chi connectivity index (χ2v) is 9.56. The van der Waals surface area contributed by atoms with Gasteiger partial charge in [-0.1, -0.05) is 24.3 Å². The van der Waals surface area contributed by atoms with Crippen molar-refractivity contribution in [1.29, 1.82) is 0 Å². The molecular formula is C22H28N2O3S. The van der Waals surface area contributed by atoms with Gasteiger partial charge >= 0.3 is 0 Å². The molecule has 0 unspecified atom stereocenters. The van der Waals surface area contributed by atoms with Gasteiger partial charge in [0, 0.05) is 26.2 Å². The van der Waals surface area contributed by atoms with Gasteiger partial charge in [-0.2, -0.15) is 4.31 Å². The van der Waals surface area contributed by atoms with E-state index in [-0.39, 0.29) is 5.91 Å². The molecule has 1 amide bonds. The molecule has 1 heterocycles. The summed E-state index contributed by atoms with van der Waals surface area (Å²) in [5.74, 6) is 0.0477. The van der Waals surface area contributed by atoms with Gasteiger partial charge in [0.25, 0.3) is 0 Å². The Morgan fingerprint density at radius 2 is 1.39 bits per heavy atom. The SMILES string of the molecule is Cc1ccc(CC(=O)N2CCN(S(=O)(=O)c3ccc(C)c(C)c3)CC2)cc1C. The maximum Gasteiger partial charge on any atom is 0.243 e. The van der Waals surface area contributed by atoms with Crippen LogP contribution in [-0.2, 0) is 21.2 Å². The van der Waals surface area contributed by atoms with Crippen LogP contribution in [0.1, 0.15) is 27.8 Å². The summed E-state index contributed by atoms with van der Waals surface area (Å²) in [6, 6.07) is 11.3. The van der Waals surface area contributed by atoms with Gasteiger partial charge in [-0.3, -0.25) is 4.79 Å². The van der Waals surface area contributed by atoms with Gasteiger partial charge in [0.2, 0.25) is 15.9 Å². The number of hydrogen-bond donors (Lipinski definition) is 0. The number of amides is 1. The van der Waals surface area contributed by atoms with Gasteiger partial charge in [0.15, 0.2) is 0 Å². The van der Waals surface area contributed by atoms with E-state index in [1.54, 1.807) is 17.0 Å². The lowest BCUT2D eigenvalue weighted by Gasteiger charge is -2.34. The molecule has 0 radical (unpaired) electrons. The second-order valence-electron chi connectivity index (χ2n) is 7.63. The zero-order valence-electron chi connectivity index (χ0n) is 17.0. The first-order chi connectivity index (χ1) is 13.2. The Morgan fingerprint density at radius 3 is 1.96 bits per heavy atom. The van der Waals surface area contributed by atoms with Crippen molar-refractivity contribution in [2.45, 2.75) is 39.0 Å². The monoisotopic (exact) mass is 400 g/mol. The van der Waals surface area contributed by atoms with Crippen molar-refractivity contribution >= 4 is 15.9 Å². The number of carbonyl (C=O) groups excluding carboxylic acids is 1. The van der Waals surface area contributed by atoms with Crippen molar-refractivity contribution in [2.75, 3.05) is 26.2 Å². The van der Waals surface area contributed by atoms with Crippen molar-refractivity contribution in [2.24, 2.45) is 0 Å². The van der Waals surface area contributed by atoms with Crippen LogP contribution in [0.25, 0.3) is 0 Å². The first kappa shape index (κ1) is 20.6. The molecule has 3 rings (SSSR count). The van der Waals surface area contributed by atoms with Gasteiger partial charge in [0.1, 0.15) is 0 Å². The lowest BCUT2D eigenvalue weighted by atomic mass is 10.0. The van der Waals surface area contributed by atoms with Crippen LogP contribution in [-0.4, -0.2) is 49.7 Å². The molecule has 28 heavy (non-hydrogen) atoms. The van der Waals surface area contributed by atoms with Crippen LogP contribution >= 0.6 is 0 Å². The van der Waals surface area contributed by atoms with E-state index in [1.165, 1.54) is 15.4 Å². The van der Waals surface area contributed by atoms with Gasteiger partial charge in [-0.05, 0) is 67.6 Å². The van der Waals surface area contributed by atoms with E-state index in [4.69, 9.17) is 0 Å². The van der Waals surface area contributed by atoms with Gasteiger partial charge in [0.05, 0.1) is 11.3 Å². The van der Waals surface area contributed by atoms with Crippen molar-refractivity contribution in [3.05, 3.63) is 64.2 Å². The molecule has 0 saturated carbocycles. The van der Waals surface area contributed by atoms with Crippen molar-refractivity contribution in [3.8, 4) is 0 Å². The van der Waals surface area contributed by atoms with Gasteiger partial charge in [-0.25, -0.2) is 8.42 Å². The molecule has 0 aliphatic carbocycles. The van der Waals surface area contributed by atoms with Crippen LogP contribution in [0, 0.1) is 27.7 Å². The van der Waals surface area contributed by atoms with E-state index >= 15 is 0 Å². The van der Waals surface area contributed by atoms with E-state index < -0.39 is 10.0 Å². The standard InChI is InChI=1S/C22H28N2O3S/c1-16-5-7-20(13-18(16)3)15-22(25)23-9-11-24(12-10-23)28(26,27)21-8-6-17(2)19(4)14-21/h5-8,13-14H,9-12,15H2,1-4H3. The Balaban J connectivity index is 1.63. The maximum absolute atomic E-state index is 12.9. The van der Waals surface area contributed by atoms with Crippen LogP contribution in [0.4, 0.5) is 0 Å². The lowest BCUT2D eigenvalue weighted by Crippen LogP contribution is -2.50. The predicted octanol–water partition coefficient (Wildman–Crippen LogP) is 3.00. The first-order valence-corrected chi connectivity index (χ1v) is 11.0. The molecule has 0 atom stereocenters. The Kier molecular flexibility index (Phi) is 5.91. The highest BCUT2D eigenvalue weighted by atomic mass is 32.2. The summed E-state index contributed by atoms with van der Waals surface area (Å²) in [7, 11) is -3.52. The molecule has 0 spiro atoms. The molecule has 1 aliphatic heterocycles. The fourth-order valence-corrected chi connectivity index (χ4v) is 4.91. The zero-order chi connectivity index (χ0) is 20.5. The highest BCUT2D eigenvalue weighted by molar-refractivity contribution is 7.89. The van der Waals surface area contributed by atoms with Crippen LogP contribution in [0.3, 0.4) is 0 Å². The Hall–Kier alpha value is -2.18. The molecule has 0 N–H and O–H groups in total. The topological polar surface area (TPSA) is 57.7 Å². The molecule has 5 nitrogen and oxygen atoms in total. The molecule has 150 valence electrons. The summed E-state index contributed by atoms with van der Waals surface area (Å²) in [4.78, 5) is 14.7. The van der Waals surface area contributed by atoms with Gasteiger partial charge in [-0.15, -0.1) is 0 Å². The van der Waals surface area contributed by atoms with Crippen LogP contribution in [0.15, 0.2) is 41.3 Å². The van der Waals surface area contributed by atoms with Gasteiger partial charge < -0.3 is 4.90 Å². The number of piperazine rings is 1. The molecule has 6 heteroatoms. The van der Waals surface area contributed by atoms with E-state index in [0.29, 0.717) is 37.5 Å². The highest BCUT2D eigenvalue weighted by Crippen LogP contribution is 2.21. The number of carbonyl (C=O) groups is 1. The Morgan fingerprint density at radius 1 is 0.821 bits per heavy atom. The average molecular weight is 401 g/mol. The van der Waals surface area contributed by atoms with Crippen molar-refractivity contribution < 1.29 is 13.2 Å². The first-order valence-electron chi connectivity index (χ1n) is 9.60. The molecule has 2 aromatic rings. The minimum atomic E-state index is -3.52. The van der Waals surface area contributed by atoms with E-state index in [1.807, 2.05) is 45.0 Å². The Labute approximate surface area is 168 Å². The fraction of sp³-hybridized carbons (Fsp3) is 0.409. The fourth-order valence-electron chi connectivity index (χ4n) is 3.40. The normalized spacial score (nSPS) is 15.6. The smallest absolute Gasteiger partial charge is 0.243 e. The van der Waals surface area contributed by atoms with Crippen LogP contribution < -0.4 is 0 Å². The number of nitrogens with zero attached hydrogens (tertiary/aromatic N) is 2. The molecule has 1 aliphatic rings.